The molecule has 0 bridgehead atoms. The van der Waals surface area contributed by atoms with Gasteiger partial charge in [-0.15, -0.1) is 0 Å². The molecule has 1 amide bonds. The number of nitrogens with one attached hydrogen (secondary N) is 1. The van der Waals surface area contributed by atoms with E-state index in [4.69, 9.17) is 5.73 Å². The van der Waals surface area contributed by atoms with Gasteiger partial charge in [0.05, 0.1) is 12.5 Å². The Morgan fingerprint density at radius 3 is 2.71 bits per heavy atom. The van der Waals surface area contributed by atoms with Crippen LogP contribution < -0.4 is 11.1 Å². The lowest BCUT2D eigenvalue weighted by Crippen LogP contribution is -2.28. The number of benzene rings is 2. The van der Waals surface area contributed by atoms with Gasteiger partial charge >= 0.3 is 0 Å². The molecule has 2 aromatic carbocycles. The molecular weight excluding hydrogens is 274 g/mol. The molecule has 0 aliphatic heterocycles. The maximum Gasteiger partial charge on any atom is 0.224 e. The first kappa shape index (κ1) is 15.0. The molecule has 3 N–H and O–H groups in total. The third-order valence-electron chi connectivity index (χ3n) is 3.12. The molecule has 0 saturated heterocycles. The fourth-order valence-corrected chi connectivity index (χ4v) is 2.11. The maximum atomic E-state index is 13.6. The molecule has 3 nitrogen and oxygen atoms in total. The SMILES string of the molecule is CC(NC(=O)Cc1cccc(N)c1)c1cc(F)ccc1F. The van der Waals surface area contributed by atoms with E-state index in [0.717, 1.165) is 23.8 Å². The van der Waals surface area contributed by atoms with E-state index in [-0.39, 0.29) is 17.9 Å². The standard InChI is InChI=1S/C16H16F2N2O/c1-10(14-9-12(17)5-6-15(14)18)20-16(21)8-11-3-2-4-13(19)7-11/h2-7,9-10H,8,19H2,1H3,(H,20,21). The Labute approximate surface area is 121 Å². The lowest BCUT2D eigenvalue weighted by molar-refractivity contribution is -0.121. The van der Waals surface area contributed by atoms with E-state index >= 15 is 0 Å². The number of nitrogens with two attached hydrogens (primary N) is 1. The number of carbonyl (C=O) groups is 1. The molecule has 0 saturated carbocycles. The number of rotatable bonds is 4. The summed E-state index contributed by atoms with van der Waals surface area (Å²) in [6.45, 7) is 1.61. The van der Waals surface area contributed by atoms with Crippen molar-refractivity contribution in [2.45, 2.75) is 19.4 Å². The van der Waals surface area contributed by atoms with Crippen LogP contribution in [0.5, 0.6) is 0 Å². The number of hydrogen-bond donors (Lipinski definition) is 2. The van der Waals surface area contributed by atoms with Gasteiger partial charge in [0.25, 0.3) is 0 Å². The van der Waals surface area contributed by atoms with Crippen LogP contribution in [0, 0.1) is 11.6 Å². The molecule has 0 aliphatic carbocycles. The van der Waals surface area contributed by atoms with E-state index in [1.807, 2.05) is 0 Å². The zero-order valence-electron chi connectivity index (χ0n) is 11.6. The van der Waals surface area contributed by atoms with E-state index in [1.165, 1.54) is 0 Å². The molecule has 0 fully saturated rings. The summed E-state index contributed by atoms with van der Waals surface area (Å²) < 4.78 is 26.8. The molecule has 0 radical (unpaired) electrons. The van der Waals surface area contributed by atoms with E-state index in [1.54, 1.807) is 31.2 Å². The second-order valence-electron chi connectivity index (χ2n) is 4.88. The van der Waals surface area contributed by atoms with Gasteiger partial charge in [0.1, 0.15) is 11.6 Å². The average molecular weight is 290 g/mol. The summed E-state index contributed by atoms with van der Waals surface area (Å²) >= 11 is 0. The summed E-state index contributed by atoms with van der Waals surface area (Å²) in [4.78, 5) is 11.9. The van der Waals surface area contributed by atoms with Crippen molar-refractivity contribution in [1.82, 2.24) is 5.32 Å². The first-order valence-corrected chi connectivity index (χ1v) is 6.54. The zero-order chi connectivity index (χ0) is 15.4. The van der Waals surface area contributed by atoms with Crippen molar-refractivity contribution < 1.29 is 13.6 Å². The Hall–Kier alpha value is -2.43. The molecule has 1 atom stereocenters. The van der Waals surface area contributed by atoms with Crippen LogP contribution >= 0.6 is 0 Å². The third kappa shape index (κ3) is 4.02. The van der Waals surface area contributed by atoms with Gasteiger partial charge in [-0.1, -0.05) is 12.1 Å². The molecule has 0 spiro atoms. The maximum absolute atomic E-state index is 13.6. The molecule has 5 heteroatoms. The predicted octanol–water partition coefficient (Wildman–Crippen LogP) is 2.97. The summed E-state index contributed by atoms with van der Waals surface area (Å²) in [6, 6.07) is 9.52. The quantitative estimate of drug-likeness (QED) is 0.851. The minimum Gasteiger partial charge on any atom is -0.399 e. The summed E-state index contributed by atoms with van der Waals surface area (Å²) in [5, 5.41) is 2.65. The number of amides is 1. The minimum absolute atomic E-state index is 0.121. The molecule has 2 aromatic rings. The molecule has 0 heterocycles. The summed E-state index contributed by atoms with van der Waals surface area (Å²) in [5.41, 5.74) is 7.10. The van der Waals surface area contributed by atoms with E-state index in [0.29, 0.717) is 5.69 Å². The van der Waals surface area contributed by atoms with Crippen LogP contribution in [0.3, 0.4) is 0 Å². The Morgan fingerprint density at radius 2 is 2.00 bits per heavy atom. The molecule has 0 aromatic heterocycles. The van der Waals surface area contributed by atoms with E-state index < -0.39 is 17.7 Å². The highest BCUT2D eigenvalue weighted by molar-refractivity contribution is 5.79. The van der Waals surface area contributed by atoms with Crippen molar-refractivity contribution in [3.8, 4) is 0 Å². The Balaban J connectivity index is 2.03. The monoisotopic (exact) mass is 290 g/mol. The van der Waals surface area contributed by atoms with Crippen molar-refractivity contribution in [3.05, 3.63) is 65.2 Å². The van der Waals surface area contributed by atoms with Crippen molar-refractivity contribution in [2.24, 2.45) is 0 Å². The van der Waals surface area contributed by atoms with Crippen LogP contribution in [0.15, 0.2) is 42.5 Å². The lowest BCUT2D eigenvalue weighted by atomic mass is 10.1. The first-order valence-electron chi connectivity index (χ1n) is 6.54. The molecular formula is C16H16F2N2O. The van der Waals surface area contributed by atoms with Gasteiger partial charge in [-0.2, -0.15) is 0 Å². The van der Waals surface area contributed by atoms with E-state index in [9.17, 15) is 13.6 Å². The largest absolute Gasteiger partial charge is 0.399 e. The van der Waals surface area contributed by atoms with Crippen LogP contribution in [-0.4, -0.2) is 5.91 Å². The smallest absolute Gasteiger partial charge is 0.224 e. The van der Waals surface area contributed by atoms with Gasteiger partial charge in [-0.3, -0.25) is 4.79 Å². The zero-order valence-corrected chi connectivity index (χ0v) is 11.6. The first-order chi connectivity index (χ1) is 9.95. The number of anilines is 1. The van der Waals surface area contributed by atoms with Crippen molar-refractivity contribution in [1.29, 1.82) is 0 Å². The van der Waals surface area contributed by atoms with Gasteiger partial charge in [0.15, 0.2) is 0 Å². The van der Waals surface area contributed by atoms with Gasteiger partial charge < -0.3 is 11.1 Å². The third-order valence-corrected chi connectivity index (χ3v) is 3.12. The van der Waals surface area contributed by atoms with Crippen LogP contribution in [0.2, 0.25) is 0 Å². The van der Waals surface area contributed by atoms with Gasteiger partial charge in [-0.25, -0.2) is 8.78 Å². The van der Waals surface area contributed by atoms with Gasteiger partial charge in [-0.05, 0) is 42.8 Å². The van der Waals surface area contributed by atoms with Gasteiger partial charge in [0, 0.05) is 11.3 Å². The molecule has 2 rings (SSSR count). The van der Waals surface area contributed by atoms with Gasteiger partial charge in [0.2, 0.25) is 5.91 Å². The van der Waals surface area contributed by atoms with Crippen molar-refractivity contribution in [3.63, 3.8) is 0 Å². The summed E-state index contributed by atoms with van der Waals surface area (Å²) in [5.74, 6) is -1.37. The topological polar surface area (TPSA) is 55.1 Å². The Kier molecular flexibility index (Phi) is 4.52. The normalized spacial score (nSPS) is 12.0. The van der Waals surface area contributed by atoms with Crippen LogP contribution in [0.4, 0.5) is 14.5 Å². The number of halogens is 2. The highest BCUT2D eigenvalue weighted by Crippen LogP contribution is 2.18. The lowest BCUT2D eigenvalue weighted by Gasteiger charge is -2.15. The van der Waals surface area contributed by atoms with E-state index in [2.05, 4.69) is 5.32 Å². The Bertz CT molecular complexity index is 658. The van der Waals surface area contributed by atoms with Crippen LogP contribution in [0.25, 0.3) is 0 Å². The second-order valence-corrected chi connectivity index (χ2v) is 4.88. The fourth-order valence-electron chi connectivity index (χ4n) is 2.11. The highest BCUT2D eigenvalue weighted by atomic mass is 19.1. The van der Waals surface area contributed by atoms with Crippen LogP contribution in [-0.2, 0) is 11.2 Å². The van der Waals surface area contributed by atoms with Crippen molar-refractivity contribution in [2.75, 3.05) is 5.73 Å². The highest BCUT2D eigenvalue weighted by Gasteiger charge is 2.14. The minimum atomic E-state index is -0.616. The predicted molar refractivity (Wildman–Crippen MR) is 77.5 cm³/mol. The number of hydrogen-bond acceptors (Lipinski definition) is 2. The molecule has 21 heavy (non-hydrogen) atoms. The fraction of sp³-hybridized carbons (Fsp3) is 0.188. The number of nitrogen functional groups attached to an aromatic ring is 1. The van der Waals surface area contributed by atoms with Crippen molar-refractivity contribution >= 4 is 11.6 Å². The summed E-state index contributed by atoms with van der Waals surface area (Å²) in [7, 11) is 0. The molecule has 0 aliphatic rings. The second kappa shape index (κ2) is 6.35. The average Bonchev–Trinajstić information content (AvgIpc) is 2.41. The molecule has 110 valence electrons. The molecule has 1 unspecified atom stereocenters. The van der Waals surface area contributed by atoms with Crippen LogP contribution in [0.1, 0.15) is 24.1 Å². The number of carbonyl (C=O) groups excluding carboxylic acids is 1. The summed E-state index contributed by atoms with van der Waals surface area (Å²) in [6.07, 6.45) is 0.131. The Morgan fingerprint density at radius 1 is 1.24 bits per heavy atom.